The van der Waals surface area contributed by atoms with Gasteiger partial charge < -0.3 is 14.8 Å². The third-order valence-corrected chi connectivity index (χ3v) is 5.71. The maximum Gasteiger partial charge on any atom is 0.235 e. The molecule has 160 valence electrons. The van der Waals surface area contributed by atoms with Gasteiger partial charge in [0.05, 0.1) is 28.2 Å². The molecular formula is C24H26N4O3. The molecule has 2 aliphatic carbocycles. The summed E-state index contributed by atoms with van der Waals surface area (Å²) in [4.78, 5) is 50.0. The third kappa shape index (κ3) is 3.82. The monoisotopic (exact) mass is 418 g/mol. The summed E-state index contributed by atoms with van der Waals surface area (Å²) in [5, 5.41) is 0. The van der Waals surface area contributed by atoms with Gasteiger partial charge in [0, 0.05) is 24.9 Å². The molecule has 0 aromatic carbocycles. The minimum absolute atomic E-state index is 0.101. The van der Waals surface area contributed by atoms with Crippen LogP contribution in [0.1, 0.15) is 33.7 Å². The predicted molar refractivity (Wildman–Crippen MR) is 121 cm³/mol. The molecule has 0 bridgehead atoms. The Morgan fingerprint density at radius 1 is 0.903 bits per heavy atom. The first kappa shape index (κ1) is 21.1. The Morgan fingerprint density at radius 3 is 2.32 bits per heavy atom. The number of hydrogen-bond donors (Lipinski definition) is 1. The number of allylic oxidation sites excluding steroid dienone is 5. The molecule has 2 heterocycles. The van der Waals surface area contributed by atoms with Crippen LogP contribution in [0.3, 0.4) is 0 Å². The van der Waals surface area contributed by atoms with Crippen molar-refractivity contribution in [2.75, 3.05) is 41.3 Å². The first-order chi connectivity index (χ1) is 14.8. The van der Waals surface area contributed by atoms with E-state index in [4.69, 9.17) is 0 Å². The largest absolute Gasteiger partial charge is 0.354 e. The van der Waals surface area contributed by atoms with Gasteiger partial charge in [0.25, 0.3) is 0 Å². The molecular weight excluding hydrogens is 392 g/mol. The number of ketones is 3. The van der Waals surface area contributed by atoms with E-state index in [0.717, 1.165) is 24.1 Å². The van der Waals surface area contributed by atoms with Gasteiger partial charge in [-0.1, -0.05) is 0 Å². The van der Waals surface area contributed by atoms with Gasteiger partial charge in [-0.2, -0.15) is 0 Å². The first-order valence-corrected chi connectivity index (χ1v) is 10.3. The molecule has 7 nitrogen and oxygen atoms in total. The van der Waals surface area contributed by atoms with E-state index in [2.05, 4.69) is 14.9 Å². The lowest BCUT2D eigenvalue weighted by atomic mass is 9.87. The Bertz CT molecular complexity index is 1140. The molecule has 1 N–H and O–H groups in total. The second-order valence-corrected chi connectivity index (χ2v) is 8.52. The molecule has 31 heavy (non-hydrogen) atoms. The van der Waals surface area contributed by atoms with E-state index in [-0.39, 0.29) is 5.78 Å². The highest BCUT2D eigenvalue weighted by Crippen LogP contribution is 2.37. The number of hydrogen-bond acceptors (Lipinski definition) is 6. The normalized spacial score (nSPS) is 17.7. The highest BCUT2D eigenvalue weighted by Gasteiger charge is 2.34. The molecule has 4 rings (SSSR count). The van der Waals surface area contributed by atoms with Crippen molar-refractivity contribution < 1.29 is 14.4 Å². The van der Waals surface area contributed by atoms with Crippen LogP contribution in [0, 0.1) is 0 Å². The quantitative estimate of drug-likeness (QED) is 0.686. The van der Waals surface area contributed by atoms with Crippen LogP contribution < -0.4 is 0 Å². The summed E-state index contributed by atoms with van der Waals surface area (Å²) in [6.07, 6.45) is 9.57. The highest BCUT2D eigenvalue weighted by atomic mass is 16.2. The number of rotatable bonds is 7. The Hall–Kier alpha value is -3.16. The van der Waals surface area contributed by atoms with Gasteiger partial charge in [-0.25, -0.2) is 0 Å². The van der Waals surface area contributed by atoms with Gasteiger partial charge in [0.1, 0.15) is 0 Å². The van der Waals surface area contributed by atoms with Crippen LogP contribution >= 0.6 is 0 Å². The molecule has 1 aliphatic heterocycles. The molecule has 0 atom stereocenters. The molecule has 1 aromatic rings. The van der Waals surface area contributed by atoms with Crippen LogP contribution in [0.5, 0.6) is 0 Å². The summed E-state index contributed by atoms with van der Waals surface area (Å²) in [5.41, 5.74) is 5.04. The fraction of sp³-hybridized carbons (Fsp3) is 0.333. The van der Waals surface area contributed by atoms with Crippen LogP contribution in [0.25, 0.3) is 11.6 Å². The van der Waals surface area contributed by atoms with Gasteiger partial charge in [-0.15, -0.1) is 0 Å². The number of Topliss-reactive ketones (excluding diaryl/α,β-unsaturated/α-hetero) is 2. The van der Waals surface area contributed by atoms with E-state index in [1.165, 1.54) is 6.08 Å². The third-order valence-electron chi connectivity index (χ3n) is 5.71. The van der Waals surface area contributed by atoms with E-state index in [1.54, 1.807) is 18.4 Å². The summed E-state index contributed by atoms with van der Waals surface area (Å²) in [6.45, 7) is 1.50. The van der Waals surface area contributed by atoms with E-state index in [9.17, 15) is 14.4 Å². The Kier molecular flexibility index (Phi) is 5.56. The Labute approximate surface area is 181 Å². The second-order valence-electron chi connectivity index (χ2n) is 8.52. The molecule has 0 fully saturated rings. The summed E-state index contributed by atoms with van der Waals surface area (Å²) >= 11 is 0. The Balaban J connectivity index is 1.78. The fourth-order valence-electron chi connectivity index (χ4n) is 4.05. The number of aliphatic imine (C=N–C) groups is 1. The lowest BCUT2D eigenvalue weighted by Gasteiger charge is -2.17. The highest BCUT2D eigenvalue weighted by molar-refractivity contribution is 6.50. The maximum absolute atomic E-state index is 13.6. The van der Waals surface area contributed by atoms with Crippen molar-refractivity contribution in [1.82, 2.24) is 14.8 Å². The second kappa shape index (κ2) is 8.17. The van der Waals surface area contributed by atoms with Crippen molar-refractivity contribution in [2.45, 2.75) is 12.8 Å². The number of likely N-dealkylation sites (N-methyl/N-ethyl adjacent to an activating group) is 1. The van der Waals surface area contributed by atoms with Gasteiger partial charge in [0.2, 0.25) is 11.6 Å². The van der Waals surface area contributed by atoms with E-state index >= 15 is 0 Å². The van der Waals surface area contributed by atoms with Gasteiger partial charge in [-0.3, -0.25) is 19.4 Å². The van der Waals surface area contributed by atoms with E-state index in [1.807, 2.05) is 39.2 Å². The molecule has 3 aliphatic rings. The van der Waals surface area contributed by atoms with Gasteiger partial charge >= 0.3 is 0 Å². The van der Waals surface area contributed by atoms with Crippen molar-refractivity contribution in [3.05, 3.63) is 57.6 Å². The maximum atomic E-state index is 13.6. The molecule has 0 saturated heterocycles. The fourth-order valence-corrected chi connectivity index (χ4v) is 4.05. The molecule has 0 saturated carbocycles. The SMILES string of the molecule is CN(C)CCC1=C2C(=O)C(c3[nH]c4c(c3CCN(C)C)C(=O)C(=O)C=C4)=CC=C2N=C1. The van der Waals surface area contributed by atoms with Crippen LogP contribution in [-0.4, -0.2) is 79.6 Å². The molecule has 7 heteroatoms. The summed E-state index contributed by atoms with van der Waals surface area (Å²) in [7, 11) is 7.88. The van der Waals surface area contributed by atoms with Gasteiger partial charge in [0.15, 0.2) is 5.78 Å². The zero-order chi connectivity index (χ0) is 22.3. The number of carbonyl (C=O) groups excluding carboxylic acids is 3. The average molecular weight is 418 g/mol. The zero-order valence-corrected chi connectivity index (χ0v) is 18.3. The van der Waals surface area contributed by atoms with E-state index in [0.29, 0.717) is 46.8 Å². The number of aromatic nitrogens is 1. The van der Waals surface area contributed by atoms with Crippen LogP contribution in [-0.2, 0) is 16.0 Å². The number of carbonyl (C=O) groups is 3. The molecule has 0 amide bonds. The lowest BCUT2D eigenvalue weighted by molar-refractivity contribution is -0.111. The number of nitrogens with one attached hydrogen (secondary N) is 1. The lowest BCUT2D eigenvalue weighted by Crippen LogP contribution is -2.21. The smallest absolute Gasteiger partial charge is 0.235 e. The van der Waals surface area contributed by atoms with E-state index < -0.39 is 11.6 Å². The zero-order valence-electron chi connectivity index (χ0n) is 18.3. The number of nitrogens with zero attached hydrogens (tertiary/aromatic N) is 3. The minimum atomic E-state index is -0.534. The summed E-state index contributed by atoms with van der Waals surface area (Å²) in [6, 6.07) is 0. The topological polar surface area (TPSA) is 85.8 Å². The molecule has 0 unspecified atom stereocenters. The summed E-state index contributed by atoms with van der Waals surface area (Å²) < 4.78 is 0. The van der Waals surface area contributed by atoms with Crippen molar-refractivity contribution in [3.8, 4) is 0 Å². The van der Waals surface area contributed by atoms with Crippen molar-refractivity contribution >= 4 is 35.2 Å². The standard InChI is InChI=1S/C24H26N4O3/c1-27(2)11-9-14-13-25-17-6-5-16(23(30)20(14)17)22-15(10-12-28(3)4)21-18(26-22)7-8-19(29)24(21)31/h5-8,13,26H,9-12H2,1-4H3. The number of aromatic amines is 1. The molecule has 1 aromatic heterocycles. The van der Waals surface area contributed by atoms with Crippen LogP contribution in [0.2, 0.25) is 0 Å². The van der Waals surface area contributed by atoms with Crippen molar-refractivity contribution in [3.63, 3.8) is 0 Å². The Morgan fingerprint density at radius 2 is 1.61 bits per heavy atom. The number of H-pyrrole nitrogens is 1. The van der Waals surface area contributed by atoms with Crippen LogP contribution in [0.15, 0.2) is 40.1 Å². The van der Waals surface area contributed by atoms with Crippen LogP contribution in [0.4, 0.5) is 0 Å². The average Bonchev–Trinajstić information content (AvgIpc) is 3.30. The minimum Gasteiger partial charge on any atom is -0.354 e. The van der Waals surface area contributed by atoms with Crippen molar-refractivity contribution in [1.29, 1.82) is 0 Å². The molecule has 0 spiro atoms. The molecule has 0 radical (unpaired) electrons. The van der Waals surface area contributed by atoms with Crippen molar-refractivity contribution in [2.24, 2.45) is 4.99 Å². The first-order valence-electron chi connectivity index (χ1n) is 10.3. The summed E-state index contributed by atoms with van der Waals surface area (Å²) in [5.74, 6) is -1.16. The van der Waals surface area contributed by atoms with Gasteiger partial charge in [-0.05, 0) is 76.5 Å². The predicted octanol–water partition coefficient (Wildman–Crippen LogP) is 2.08. The number of fused-ring (bicyclic) bond motifs is 2.